The first-order valence-electron chi connectivity index (χ1n) is 8.29. The first-order valence-corrected chi connectivity index (χ1v) is 9.11. The van der Waals surface area contributed by atoms with E-state index in [1.54, 1.807) is 11.3 Å². The predicted octanol–water partition coefficient (Wildman–Crippen LogP) is 2.74. The Morgan fingerprint density at radius 2 is 1.74 bits per heavy atom. The third-order valence-electron chi connectivity index (χ3n) is 4.73. The van der Waals surface area contributed by atoms with Crippen LogP contribution in [0.1, 0.15) is 53.3 Å². The third kappa shape index (κ3) is 2.93. The predicted molar refractivity (Wildman–Crippen MR) is 87.5 cm³/mol. The summed E-state index contributed by atoms with van der Waals surface area (Å²) in [5.74, 6) is 2.67. The van der Waals surface area contributed by atoms with Gasteiger partial charge < -0.3 is 9.47 Å². The molecular weight excluding hydrogens is 312 g/mol. The molecular formula is C16H22N4O2S. The highest BCUT2D eigenvalue weighted by atomic mass is 32.1. The Balaban J connectivity index is 1.73. The van der Waals surface area contributed by atoms with Crippen molar-refractivity contribution < 1.29 is 9.47 Å². The molecule has 0 aliphatic carbocycles. The van der Waals surface area contributed by atoms with Gasteiger partial charge in [0, 0.05) is 36.5 Å². The van der Waals surface area contributed by atoms with Crippen LogP contribution in [0.5, 0.6) is 0 Å². The van der Waals surface area contributed by atoms with Gasteiger partial charge in [0.25, 0.3) is 0 Å². The number of rotatable bonds is 3. The van der Waals surface area contributed by atoms with Crippen LogP contribution in [0.3, 0.4) is 0 Å². The van der Waals surface area contributed by atoms with Crippen LogP contribution in [-0.4, -0.2) is 46.2 Å². The molecule has 23 heavy (non-hydrogen) atoms. The summed E-state index contributed by atoms with van der Waals surface area (Å²) in [6, 6.07) is 0. The number of aromatic nitrogens is 4. The molecule has 0 N–H and O–H groups in total. The van der Waals surface area contributed by atoms with Gasteiger partial charge in [-0.1, -0.05) is 11.3 Å². The second-order valence-corrected chi connectivity index (χ2v) is 7.51. The molecule has 2 fully saturated rings. The Bertz CT molecular complexity index is 665. The van der Waals surface area contributed by atoms with Gasteiger partial charge in [-0.15, -0.1) is 5.10 Å². The van der Waals surface area contributed by atoms with Gasteiger partial charge in [0.1, 0.15) is 5.82 Å². The van der Waals surface area contributed by atoms with E-state index in [0.29, 0.717) is 11.8 Å². The maximum atomic E-state index is 5.57. The molecule has 1 atom stereocenters. The van der Waals surface area contributed by atoms with E-state index in [0.717, 1.165) is 68.2 Å². The van der Waals surface area contributed by atoms with Gasteiger partial charge in [0.15, 0.2) is 5.82 Å². The van der Waals surface area contributed by atoms with E-state index in [1.807, 2.05) is 11.6 Å². The number of aryl methyl sites for hydroxylation is 2. The summed E-state index contributed by atoms with van der Waals surface area (Å²) in [4.78, 5) is 10.8. The highest BCUT2D eigenvalue weighted by Crippen LogP contribution is 2.31. The van der Waals surface area contributed by atoms with E-state index >= 15 is 0 Å². The lowest BCUT2D eigenvalue weighted by Gasteiger charge is -2.18. The van der Waals surface area contributed by atoms with Crippen molar-refractivity contribution in [2.24, 2.45) is 0 Å². The van der Waals surface area contributed by atoms with Gasteiger partial charge in [-0.3, -0.25) is 0 Å². The number of thiazole rings is 1. The monoisotopic (exact) mass is 334 g/mol. The molecule has 2 aliphatic heterocycles. The zero-order valence-corrected chi connectivity index (χ0v) is 14.4. The van der Waals surface area contributed by atoms with Crippen molar-refractivity contribution in [3.63, 3.8) is 0 Å². The van der Waals surface area contributed by atoms with Crippen molar-refractivity contribution in [1.29, 1.82) is 0 Å². The van der Waals surface area contributed by atoms with Gasteiger partial charge in [0.2, 0.25) is 5.13 Å². The number of hydrogen-bond acceptors (Lipinski definition) is 6. The average molecular weight is 334 g/mol. The summed E-state index contributed by atoms with van der Waals surface area (Å²) in [6.45, 7) is 7.29. The van der Waals surface area contributed by atoms with Crippen LogP contribution in [0, 0.1) is 13.8 Å². The van der Waals surface area contributed by atoms with Gasteiger partial charge in [-0.05, 0) is 33.1 Å². The van der Waals surface area contributed by atoms with Crippen LogP contribution in [0.4, 0.5) is 0 Å². The van der Waals surface area contributed by atoms with Crippen molar-refractivity contribution >= 4 is 11.3 Å². The molecule has 4 heterocycles. The Labute approximate surface area is 139 Å². The molecule has 0 saturated carbocycles. The van der Waals surface area contributed by atoms with E-state index in [4.69, 9.17) is 19.6 Å². The maximum Gasteiger partial charge on any atom is 0.212 e. The molecule has 2 aromatic heterocycles. The summed E-state index contributed by atoms with van der Waals surface area (Å²) < 4.78 is 13.0. The summed E-state index contributed by atoms with van der Waals surface area (Å²) in [6.07, 6.45) is 3.01. The third-order valence-corrected chi connectivity index (χ3v) is 5.78. The highest BCUT2D eigenvalue weighted by molar-refractivity contribution is 7.14. The molecule has 0 radical (unpaired) electrons. The fourth-order valence-electron chi connectivity index (χ4n) is 3.16. The molecule has 0 spiro atoms. The van der Waals surface area contributed by atoms with Crippen LogP contribution in [-0.2, 0) is 9.47 Å². The van der Waals surface area contributed by atoms with Crippen LogP contribution in [0.2, 0.25) is 0 Å². The van der Waals surface area contributed by atoms with Crippen molar-refractivity contribution in [2.45, 2.75) is 44.9 Å². The zero-order chi connectivity index (χ0) is 15.8. The standard InChI is InChI=1S/C16H22N4O2S/c1-10-11(2)23-16(17-10)20-15(13-5-8-22-9-13)18-14(19-20)12-3-6-21-7-4-12/h12-13H,3-9H2,1-2H3. The minimum absolute atomic E-state index is 0.320. The van der Waals surface area contributed by atoms with Crippen molar-refractivity contribution in [1.82, 2.24) is 19.7 Å². The second kappa shape index (κ2) is 6.30. The van der Waals surface area contributed by atoms with Crippen LogP contribution >= 0.6 is 11.3 Å². The Kier molecular flexibility index (Phi) is 4.17. The van der Waals surface area contributed by atoms with Gasteiger partial charge in [-0.25, -0.2) is 9.97 Å². The smallest absolute Gasteiger partial charge is 0.212 e. The topological polar surface area (TPSA) is 62.1 Å². The van der Waals surface area contributed by atoms with Crippen LogP contribution in [0.15, 0.2) is 0 Å². The van der Waals surface area contributed by atoms with Crippen molar-refractivity contribution in [3.8, 4) is 5.13 Å². The average Bonchev–Trinajstić information content (AvgIpc) is 3.28. The Morgan fingerprint density at radius 1 is 1.00 bits per heavy atom. The summed E-state index contributed by atoms with van der Waals surface area (Å²) in [5, 5.41) is 5.77. The van der Waals surface area contributed by atoms with Gasteiger partial charge in [0.05, 0.1) is 12.3 Å². The molecule has 4 rings (SSSR count). The fraction of sp³-hybridized carbons (Fsp3) is 0.688. The Morgan fingerprint density at radius 3 is 2.39 bits per heavy atom. The largest absolute Gasteiger partial charge is 0.381 e. The molecule has 2 aromatic rings. The van der Waals surface area contributed by atoms with E-state index < -0.39 is 0 Å². The number of ether oxygens (including phenoxy) is 2. The maximum absolute atomic E-state index is 5.57. The summed E-state index contributed by atoms with van der Waals surface area (Å²) >= 11 is 1.68. The molecule has 0 bridgehead atoms. The normalized spacial score (nSPS) is 22.8. The first-order chi connectivity index (χ1) is 11.2. The lowest BCUT2D eigenvalue weighted by Crippen LogP contribution is -2.15. The van der Waals surface area contributed by atoms with Crippen molar-refractivity contribution in [2.75, 3.05) is 26.4 Å². The van der Waals surface area contributed by atoms with Gasteiger partial charge in [-0.2, -0.15) is 4.68 Å². The lowest BCUT2D eigenvalue weighted by molar-refractivity contribution is 0.0836. The zero-order valence-electron chi connectivity index (χ0n) is 13.6. The van der Waals surface area contributed by atoms with Gasteiger partial charge >= 0.3 is 0 Å². The molecule has 2 saturated heterocycles. The van der Waals surface area contributed by atoms with E-state index in [-0.39, 0.29) is 0 Å². The minimum atomic E-state index is 0.320. The molecule has 6 nitrogen and oxygen atoms in total. The second-order valence-electron chi connectivity index (χ2n) is 6.33. The van der Waals surface area contributed by atoms with E-state index in [2.05, 4.69) is 11.9 Å². The molecule has 0 amide bonds. The minimum Gasteiger partial charge on any atom is -0.381 e. The number of hydrogen-bond donors (Lipinski definition) is 0. The molecule has 124 valence electrons. The molecule has 2 aliphatic rings. The van der Waals surface area contributed by atoms with E-state index in [1.165, 1.54) is 4.88 Å². The fourth-order valence-corrected chi connectivity index (χ4v) is 4.03. The molecule has 1 unspecified atom stereocenters. The molecule has 7 heteroatoms. The van der Waals surface area contributed by atoms with Crippen LogP contribution < -0.4 is 0 Å². The SMILES string of the molecule is Cc1nc(-n2nc(C3CCOCC3)nc2C2CCOC2)sc1C. The first kappa shape index (κ1) is 15.2. The van der Waals surface area contributed by atoms with Crippen molar-refractivity contribution in [3.05, 3.63) is 22.2 Å². The summed E-state index contributed by atoms with van der Waals surface area (Å²) in [5.41, 5.74) is 1.07. The number of nitrogens with zero attached hydrogens (tertiary/aromatic N) is 4. The summed E-state index contributed by atoms with van der Waals surface area (Å²) in [7, 11) is 0. The van der Waals surface area contributed by atoms with Crippen LogP contribution in [0.25, 0.3) is 5.13 Å². The van der Waals surface area contributed by atoms with E-state index in [9.17, 15) is 0 Å². The molecule has 0 aromatic carbocycles. The highest BCUT2D eigenvalue weighted by Gasteiger charge is 2.29. The quantitative estimate of drug-likeness (QED) is 0.864. The lowest BCUT2D eigenvalue weighted by atomic mass is 10.00. The Hall–Kier alpha value is -1.31.